The Balaban J connectivity index is -0.000000346. The molecule has 28 heavy (non-hydrogen) atoms. The number of carbonyl (C=O) groups is 3. The van der Waals surface area contributed by atoms with E-state index < -0.39 is 0 Å². The Morgan fingerprint density at radius 1 is 0.786 bits per heavy atom. The minimum atomic E-state index is -0.193. The fourth-order valence-corrected chi connectivity index (χ4v) is 1.27. The van der Waals surface area contributed by atoms with Crippen molar-refractivity contribution in [2.45, 2.75) is 55.9 Å². The highest BCUT2D eigenvalue weighted by Gasteiger charge is 2.08. The molecule has 0 saturated carbocycles. The number of para-hydroxylation sites is 1. The van der Waals surface area contributed by atoms with Gasteiger partial charge in [-0.2, -0.15) is 0 Å². The highest BCUT2D eigenvalue weighted by atomic mass is 16.5. The summed E-state index contributed by atoms with van der Waals surface area (Å²) < 4.78 is 14.1. The zero-order valence-corrected chi connectivity index (χ0v) is 17.8. The van der Waals surface area contributed by atoms with Gasteiger partial charge in [-0.25, -0.2) is 0 Å². The lowest BCUT2D eigenvalue weighted by Crippen LogP contribution is -2.14. The van der Waals surface area contributed by atoms with E-state index in [1.165, 1.54) is 7.11 Å². The van der Waals surface area contributed by atoms with Crippen molar-refractivity contribution in [2.24, 2.45) is 17.8 Å². The predicted octanol–water partition coefficient (Wildman–Crippen LogP) is 4.91. The highest BCUT2D eigenvalue weighted by molar-refractivity contribution is 5.74. The number of rotatable bonds is 5. The van der Waals surface area contributed by atoms with Gasteiger partial charge in [0, 0.05) is 0 Å². The fraction of sp³-hybridized carbons (Fsp3) is 0.591. The van der Waals surface area contributed by atoms with Crippen molar-refractivity contribution in [1.29, 1.82) is 0 Å². The van der Waals surface area contributed by atoms with E-state index >= 15 is 0 Å². The van der Waals surface area contributed by atoms with Gasteiger partial charge in [-0.05, 0) is 19.1 Å². The topological polar surface area (TPSA) is 78.9 Å². The molecule has 1 aromatic carbocycles. The molecule has 0 aliphatic heterocycles. The average Bonchev–Trinajstić information content (AvgIpc) is 2.62. The molecule has 6 nitrogen and oxygen atoms in total. The van der Waals surface area contributed by atoms with Crippen LogP contribution in [0.2, 0.25) is 0 Å². The first-order valence-corrected chi connectivity index (χ1v) is 9.07. The minimum Gasteiger partial charge on any atom is -0.469 e. The molecule has 0 amide bonds. The van der Waals surface area contributed by atoms with E-state index in [1.807, 2.05) is 45.9 Å². The fourth-order valence-electron chi connectivity index (χ4n) is 1.27. The maximum Gasteiger partial charge on any atom is 0.313 e. The quantitative estimate of drug-likeness (QED) is 0.518. The third-order valence-corrected chi connectivity index (χ3v) is 2.86. The Kier molecular flexibility index (Phi) is 19.5. The molecule has 0 bridgehead atoms. The Hall–Kier alpha value is -2.37. The number of hydrogen-bond acceptors (Lipinski definition) is 6. The summed E-state index contributed by atoms with van der Waals surface area (Å²) in [6.07, 6.45) is 0. The van der Waals surface area contributed by atoms with E-state index in [2.05, 4.69) is 9.47 Å². The largest absolute Gasteiger partial charge is 0.469 e. The summed E-state index contributed by atoms with van der Waals surface area (Å²) in [5.74, 6) is 0.0788. The molecule has 0 fully saturated rings. The monoisotopic (exact) mass is 398 g/mol. The van der Waals surface area contributed by atoms with Gasteiger partial charge in [-0.15, -0.1) is 0 Å². The van der Waals surface area contributed by atoms with Crippen LogP contribution in [0.5, 0.6) is 5.75 Å². The maximum absolute atomic E-state index is 11.1. The van der Waals surface area contributed by atoms with Crippen LogP contribution in [0.3, 0.4) is 0 Å². The molecule has 0 radical (unpaired) electrons. The molecule has 0 aromatic heterocycles. The first-order chi connectivity index (χ1) is 12.6. The van der Waals surface area contributed by atoms with E-state index in [-0.39, 0.29) is 43.1 Å². The molecule has 0 spiro atoms. The molecule has 0 aliphatic carbocycles. The normalized spacial score (nSPS) is 9.25. The highest BCUT2D eigenvalue weighted by Crippen LogP contribution is 2.10. The van der Waals surface area contributed by atoms with Crippen molar-refractivity contribution >= 4 is 17.9 Å². The Labute approximate surface area is 170 Å². The van der Waals surface area contributed by atoms with Gasteiger partial charge in [0.1, 0.15) is 5.75 Å². The van der Waals surface area contributed by atoms with E-state index in [9.17, 15) is 14.4 Å². The Morgan fingerprint density at radius 2 is 1.21 bits per heavy atom. The zero-order valence-electron chi connectivity index (χ0n) is 17.8. The summed E-state index contributed by atoms with van der Waals surface area (Å²) >= 11 is 0. The van der Waals surface area contributed by atoms with Crippen molar-refractivity contribution in [3.05, 3.63) is 30.3 Å². The Morgan fingerprint density at radius 3 is 1.46 bits per heavy atom. The van der Waals surface area contributed by atoms with Crippen LogP contribution in [0.1, 0.15) is 55.9 Å². The smallest absolute Gasteiger partial charge is 0.313 e. The van der Waals surface area contributed by atoms with Gasteiger partial charge in [-0.1, -0.05) is 67.2 Å². The number of benzene rings is 1. The zero-order chi connectivity index (χ0) is 21.4. The second-order valence-electron chi connectivity index (χ2n) is 6.47. The van der Waals surface area contributed by atoms with Crippen LogP contribution in [0, 0.1) is 17.8 Å². The standard InChI is InChI=1S/C10H12O2.C6H12O2.C5H10O2.CH4/c1-8(2)10(11)12-9-6-4-3-5-7-9;1-4-8-6(7)5(2)3;1-4(2)5(6)7-3;/h3-8H,1-2H3;5H,4H2,1-3H3;4H,1-3H3;1H4. The molecule has 0 aliphatic rings. The third-order valence-electron chi connectivity index (χ3n) is 2.86. The van der Waals surface area contributed by atoms with Gasteiger partial charge in [0.2, 0.25) is 0 Å². The van der Waals surface area contributed by atoms with Crippen LogP contribution in [-0.2, 0) is 23.9 Å². The molecular weight excluding hydrogens is 360 g/mol. The second-order valence-corrected chi connectivity index (χ2v) is 6.47. The molecule has 6 heteroatoms. The summed E-state index contributed by atoms with van der Waals surface area (Å²) in [5, 5.41) is 0. The number of esters is 3. The van der Waals surface area contributed by atoms with Crippen LogP contribution in [0.25, 0.3) is 0 Å². The molecule has 0 saturated heterocycles. The van der Waals surface area contributed by atoms with Crippen LogP contribution in [0.15, 0.2) is 30.3 Å². The maximum atomic E-state index is 11.1. The number of ether oxygens (including phenoxy) is 3. The lowest BCUT2D eigenvalue weighted by molar-refractivity contribution is -0.147. The van der Waals surface area contributed by atoms with Crippen LogP contribution >= 0.6 is 0 Å². The molecule has 0 atom stereocenters. The SMILES string of the molecule is C.CC(C)C(=O)Oc1ccccc1.CCOC(=O)C(C)C.COC(=O)C(C)C. The van der Waals surface area contributed by atoms with Crippen LogP contribution in [0.4, 0.5) is 0 Å². The molecule has 1 rings (SSSR count). The molecular formula is C22H38O6. The molecule has 0 N–H and O–H groups in total. The molecule has 0 heterocycles. The van der Waals surface area contributed by atoms with Gasteiger partial charge in [0.05, 0.1) is 31.5 Å². The minimum absolute atomic E-state index is 0. The van der Waals surface area contributed by atoms with E-state index in [0.717, 1.165) is 0 Å². The molecule has 162 valence electrons. The van der Waals surface area contributed by atoms with Crippen molar-refractivity contribution < 1.29 is 28.6 Å². The van der Waals surface area contributed by atoms with E-state index in [4.69, 9.17) is 4.74 Å². The number of hydrogen-bond donors (Lipinski definition) is 0. The second kappa shape index (κ2) is 18.0. The summed E-state index contributed by atoms with van der Waals surface area (Å²) in [7, 11) is 1.39. The summed E-state index contributed by atoms with van der Waals surface area (Å²) in [6.45, 7) is 13.1. The predicted molar refractivity (Wildman–Crippen MR) is 112 cm³/mol. The van der Waals surface area contributed by atoms with Gasteiger partial charge < -0.3 is 14.2 Å². The van der Waals surface area contributed by atoms with Gasteiger partial charge in [-0.3, -0.25) is 14.4 Å². The lowest BCUT2D eigenvalue weighted by atomic mass is 10.2. The molecule has 0 unspecified atom stereocenters. The van der Waals surface area contributed by atoms with Crippen LogP contribution in [-0.4, -0.2) is 31.6 Å². The van der Waals surface area contributed by atoms with Crippen LogP contribution < -0.4 is 4.74 Å². The van der Waals surface area contributed by atoms with Gasteiger partial charge in [0.15, 0.2) is 0 Å². The Bertz CT molecular complexity index is 535. The van der Waals surface area contributed by atoms with E-state index in [0.29, 0.717) is 12.4 Å². The van der Waals surface area contributed by atoms with Gasteiger partial charge >= 0.3 is 17.9 Å². The third kappa shape index (κ3) is 17.1. The van der Waals surface area contributed by atoms with Crippen molar-refractivity contribution in [2.75, 3.05) is 13.7 Å². The average molecular weight is 399 g/mol. The molecule has 1 aromatic rings. The summed E-state index contributed by atoms with van der Waals surface area (Å²) in [4.78, 5) is 31.9. The van der Waals surface area contributed by atoms with Crippen molar-refractivity contribution in [1.82, 2.24) is 0 Å². The van der Waals surface area contributed by atoms with Crippen molar-refractivity contribution in [3.8, 4) is 5.75 Å². The summed E-state index contributed by atoms with van der Waals surface area (Å²) in [5.41, 5.74) is 0. The van der Waals surface area contributed by atoms with Gasteiger partial charge in [0.25, 0.3) is 0 Å². The van der Waals surface area contributed by atoms with Crippen molar-refractivity contribution in [3.63, 3.8) is 0 Å². The summed E-state index contributed by atoms with van der Waals surface area (Å²) in [6, 6.07) is 9.08. The number of carbonyl (C=O) groups excluding carboxylic acids is 3. The number of methoxy groups -OCH3 is 1. The van der Waals surface area contributed by atoms with E-state index in [1.54, 1.807) is 32.9 Å². The first kappa shape index (κ1) is 30.4. The lowest BCUT2D eigenvalue weighted by Gasteiger charge is -2.05. The first-order valence-electron chi connectivity index (χ1n) is 9.07.